The largest absolute Gasteiger partial charge is 0.335 e. The van der Waals surface area contributed by atoms with Gasteiger partial charge in [-0.15, -0.1) is 0 Å². The van der Waals surface area contributed by atoms with E-state index in [0.717, 1.165) is 13.1 Å². The van der Waals surface area contributed by atoms with Crippen molar-refractivity contribution in [1.82, 2.24) is 19.8 Å². The molecule has 1 amide bonds. The smallest absolute Gasteiger partial charge is 0.266 e. The minimum Gasteiger partial charge on any atom is -0.335 e. The van der Waals surface area contributed by atoms with Gasteiger partial charge >= 0.3 is 0 Å². The molecule has 1 aromatic heterocycles. The van der Waals surface area contributed by atoms with Crippen LogP contribution in [0.25, 0.3) is 0 Å². The zero-order valence-corrected chi connectivity index (χ0v) is 11.3. The monoisotopic (exact) mass is 272 g/mol. The fourth-order valence-electron chi connectivity index (χ4n) is 1.83. The Morgan fingerprint density at radius 3 is 2.60 bits per heavy atom. The van der Waals surface area contributed by atoms with Crippen LogP contribution in [0, 0.1) is 11.3 Å². The quantitative estimate of drug-likeness (QED) is 0.619. The van der Waals surface area contributed by atoms with E-state index in [9.17, 15) is 4.79 Å². The Hall–Kier alpha value is -2.46. The molecule has 0 unspecified atom stereocenters. The fraction of sp³-hybridized carbons (Fsp3) is 0.385. The average molecular weight is 272 g/mol. The van der Waals surface area contributed by atoms with Gasteiger partial charge in [-0.2, -0.15) is 5.26 Å². The van der Waals surface area contributed by atoms with E-state index in [0.29, 0.717) is 19.0 Å². The number of rotatable bonds is 3. The first-order chi connectivity index (χ1) is 9.70. The molecular formula is C13H16N6O. The molecule has 1 fully saturated rings. The van der Waals surface area contributed by atoms with Gasteiger partial charge in [0.05, 0.1) is 0 Å². The van der Waals surface area contributed by atoms with Crippen molar-refractivity contribution >= 4 is 11.9 Å². The van der Waals surface area contributed by atoms with Gasteiger partial charge in [0.2, 0.25) is 5.95 Å². The van der Waals surface area contributed by atoms with Crippen LogP contribution in [0.5, 0.6) is 0 Å². The highest BCUT2D eigenvalue weighted by molar-refractivity contribution is 5.97. The molecular weight excluding hydrogens is 256 g/mol. The summed E-state index contributed by atoms with van der Waals surface area (Å²) < 4.78 is 0. The number of nitrogens with one attached hydrogen (secondary N) is 1. The van der Waals surface area contributed by atoms with Gasteiger partial charge in [0, 0.05) is 44.8 Å². The molecule has 0 spiro atoms. The number of nitrogens with zero attached hydrogens (tertiary/aromatic N) is 5. The van der Waals surface area contributed by atoms with Crippen molar-refractivity contribution in [3.8, 4) is 6.07 Å². The Balaban J connectivity index is 2.01. The van der Waals surface area contributed by atoms with Gasteiger partial charge in [-0.25, -0.2) is 9.97 Å². The number of likely N-dealkylation sites (N-methyl/N-ethyl adjacent to an activating group) is 1. The normalized spacial score (nSPS) is 16.6. The summed E-state index contributed by atoms with van der Waals surface area (Å²) >= 11 is 0. The third-order valence-electron chi connectivity index (χ3n) is 3.05. The standard InChI is InChI=1S/C13H16N6O/c1-18-5-7-19(8-6-18)12(20)11(9-14)10-17-13-15-3-2-4-16-13/h2-4,10H,5-8H2,1H3,(H,15,16,17)/b11-10-. The Kier molecular flexibility index (Phi) is 4.63. The lowest BCUT2D eigenvalue weighted by molar-refractivity contribution is -0.128. The van der Waals surface area contributed by atoms with Gasteiger partial charge < -0.3 is 15.1 Å². The molecule has 7 nitrogen and oxygen atoms in total. The molecule has 0 bridgehead atoms. The summed E-state index contributed by atoms with van der Waals surface area (Å²) in [6.07, 6.45) is 4.52. The Bertz CT molecular complexity index is 528. The van der Waals surface area contributed by atoms with Crippen LogP contribution in [0.15, 0.2) is 30.2 Å². The zero-order valence-electron chi connectivity index (χ0n) is 11.3. The maximum Gasteiger partial charge on any atom is 0.266 e. The predicted molar refractivity (Wildman–Crippen MR) is 73.4 cm³/mol. The zero-order chi connectivity index (χ0) is 14.4. The van der Waals surface area contributed by atoms with Crippen molar-refractivity contribution in [1.29, 1.82) is 5.26 Å². The van der Waals surface area contributed by atoms with Gasteiger partial charge in [0.15, 0.2) is 0 Å². The highest BCUT2D eigenvalue weighted by Crippen LogP contribution is 2.06. The van der Waals surface area contributed by atoms with Gasteiger partial charge in [-0.1, -0.05) is 0 Å². The van der Waals surface area contributed by atoms with E-state index in [-0.39, 0.29) is 11.5 Å². The summed E-state index contributed by atoms with van der Waals surface area (Å²) in [6.45, 7) is 2.91. The molecule has 0 saturated carbocycles. The molecule has 0 atom stereocenters. The average Bonchev–Trinajstić information content (AvgIpc) is 2.49. The summed E-state index contributed by atoms with van der Waals surface area (Å²) in [6, 6.07) is 3.61. The van der Waals surface area contributed by atoms with Crippen LogP contribution in [0.1, 0.15) is 0 Å². The predicted octanol–water partition coefficient (Wildman–Crippen LogP) is 0.0700. The van der Waals surface area contributed by atoms with E-state index in [2.05, 4.69) is 20.2 Å². The highest BCUT2D eigenvalue weighted by atomic mass is 16.2. The van der Waals surface area contributed by atoms with Crippen LogP contribution in [0.2, 0.25) is 0 Å². The number of hydrogen-bond acceptors (Lipinski definition) is 6. The van der Waals surface area contributed by atoms with Crippen molar-refractivity contribution in [2.75, 3.05) is 38.5 Å². The highest BCUT2D eigenvalue weighted by Gasteiger charge is 2.22. The molecule has 104 valence electrons. The van der Waals surface area contributed by atoms with Crippen molar-refractivity contribution in [2.24, 2.45) is 0 Å². The van der Waals surface area contributed by atoms with Crippen molar-refractivity contribution in [3.63, 3.8) is 0 Å². The van der Waals surface area contributed by atoms with E-state index < -0.39 is 0 Å². The van der Waals surface area contributed by atoms with Gasteiger partial charge in [0.25, 0.3) is 5.91 Å². The molecule has 1 aromatic rings. The molecule has 1 aliphatic heterocycles. The molecule has 1 saturated heterocycles. The summed E-state index contributed by atoms with van der Waals surface area (Å²) in [7, 11) is 2.01. The first-order valence-electron chi connectivity index (χ1n) is 6.32. The second-order valence-electron chi connectivity index (χ2n) is 4.48. The molecule has 0 radical (unpaired) electrons. The molecule has 1 aliphatic rings. The minimum atomic E-state index is -0.260. The maximum atomic E-state index is 12.2. The number of aromatic nitrogens is 2. The lowest BCUT2D eigenvalue weighted by Gasteiger charge is -2.32. The van der Waals surface area contributed by atoms with Crippen LogP contribution in [-0.4, -0.2) is 58.9 Å². The first kappa shape index (κ1) is 14.0. The molecule has 0 aromatic carbocycles. The number of carbonyl (C=O) groups excluding carboxylic acids is 1. The van der Waals surface area contributed by atoms with Crippen LogP contribution in [0.4, 0.5) is 5.95 Å². The first-order valence-corrected chi connectivity index (χ1v) is 6.32. The van der Waals surface area contributed by atoms with Crippen molar-refractivity contribution < 1.29 is 4.79 Å². The summed E-state index contributed by atoms with van der Waals surface area (Å²) in [5.41, 5.74) is 0.0574. The molecule has 7 heteroatoms. The third-order valence-corrected chi connectivity index (χ3v) is 3.05. The van der Waals surface area contributed by atoms with Gasteiger partial charge in [-0.3, -0.25) is 4.79 Å². The van der Waals surface area contributed by atoms with E-state index in [1.165, 1.54) is 6.20 Å². The summed E-state index contributed by atoms with van der Waals surface area (Å²) in [5.74, 6) is 0.0930. The molecule has 2 rings (SSSR count). The van der Waals surface area contributed by atoms with E-state index in [1.807, 2.05) is 13.1 Å². The Labute approximate surface area is 117 Å². The lowest BCUT2D eigenvalue weighted by Crippen LogP contribution is -2.47. The topological polar surface area (TPSA) is 85.2 Å². The Morgan fingerprint density at radius 2 is 2.00 bits per heavy atom. The summed E-state index contributed by atoms with van der Waals surface area (Å²) in [5, 5.41) is 11.9. The fourth-order valence-corrected chi connectivity index (χ4v) is 1.83. The lowest BCUT2D eigenvalue weighted by atomic mass is 10.2. The Morgan fingerprint density at radius 1 is 1.35 bits per heavy atom. The molecule has 20 heavy (non-hydrogen) atoms. The van der Waals surface area contributed by atoms with Gasteiger partial charge in [-0.05, 0) is 13.1 Å². The number of anilines is 1. The number of amides is 1. The minimum absolute atomic E-state index is 0.0574. The molecule has 0 aliphatic carbocycles. The SMILES string of the molecule is CN1CCN(C(=O)/C(C#N)=C\Nc2ncccn2)CC1. The van der Waals surface area contributed by atoms with Crippen molar-refractivity contribution in [2.45, 2.75) is 0 Å². The maximum absolute atomic E-state index is 12.2. The summed E-state index contributed by atoms with van der Waals surface area (Å²) in [4.78, 5) is 23.9. The number of hydrogen-bond donors (Lipinski definition) is 1. The van der Waals surface area contributed by atoms with Crippen LogP contribution >= 0.6 is 0 Å². The number of nitriles is 1. The second kappa shape index (κ2) is 6.63. The van der Waals surface area contributed by atoms with E-state index >= 15 is 0 Å². The van der Waals surface area contributed by atoms with E-state index in [4.69, 9.17) is 5.26 Å². The van der Waals surface area contributed by atoms with Crippen molar-refractivity contribution in [3.05, 3.63) is 30.2 Å². The van der Waals surface area contributed by atoms with Gasteiger partial charge in [0.1, 0.15) is 11.6 Å². The van der Waals surface area contributed by atoms with E-state index in [1.54, 1.807) is 23.4 Å². The molecule has 2 heterocycles. The molecule has 1 N–H and O–H groups in total. The van der Waals surface area contributed by atoms with Crippen LogP contribution in [0.3, 0.4) is 0 Å². The number of piperazine rings is 1. The second-order valence-corrected chi connectivity index (χ2v) is 4.48. The van der Waals surface area contributed by atoms with Crippen LogP contribution in [-0.2, 0) is 4.79 Å². The van der Waals surface area contributed by atoms with Crippen LogP contribution < -0.4 is 5.32 Å². The number of carbonyl (C=O) groups is 1. The third kappa shape index (κ3) is 3.52.